The minimum Gasteiger partial charge on any atom is -0.445 e. The number of unbranched alkanes of at least 4 members (excludes halogenated alkanes) is 1. The third kappa shape index (κ3) is 4.55. The zero-order valence-corrected chi connectivity index (χ0v) is 13.3. The van der Waals surface area contributed by atoms with E-state index in [1.807, 2.05) is 30.3 Å². The molecule has 6 heteroatoms. The van der Waals surface area contributed by atoms with Crippen molar-refractivity contribution in [2.24, 2.45) is 0 Å². The van der Waals surface area contributed by atoms with Gasteiger partial charge in [-0.05, 0) is 18.9 Å². The fraction of sp³-hybridized carbons (Fsp3) is 0.471. The molecule has 0 N–H and O–H groups in total. The molecule has 0 bridgehead atoms. The van der Waals surface area contributed by atoms with Crippen LogP contribution in [-0.2, 0) is 20.9 Å². The van der Waals surface area contributed by atoms with E-state index in [0.717, 1.165) is 11.8 Å². The van der Waals surface area contributed by atoms with Gasteiger partial charge in [0.15, 0.2) is 0 Å². The van der Waals surface area contributed by atoms with Gasteiger partial charge < -0.3 is 14.4 Å². The third-order valence-corrected chi connectivity index (χ3v) is 3.94. The summed E-state index contributed by atoms with van der Waals surface area (Å²) in [5, 5.41) is 0. The summed E-state index contributed by atoms with van der Waals surface area (Å²) in [5.74, 6) is -0.0983. The third-order valence-electron chi connectivity index (χ3n) is 3.94. The number of carbonyl (C=O) groups is 3. The summed E-state index contributed by atoms with van der Waals surface area (Å²) in [6, 6.07) is 8.89. The minimum absolute atomic E-state index is 0.0983. The minimum atomic E-state index is -0.539. The maximum atomic E-state index is 12.3. The van der Waals surface area contributed by atoms with Crippen LogP contribution in [0.3, 0.4) is 0 Å². The molecule has 0 aromatic heterocycles. The van der Waals surface area contributed by atoms with Crippen molar-refractivity contribution in [3.05, 3.63) is 35.9 Å². The van der Waals surface area contributed by atoms with Gasteiger partial charge in [-0.15, -0.1) is 0 Å². The van der Waals surface area contributed by atoms with E-state index in [1.165, 1.54) is 4.90 Å². The molecule has 1 heterocycles. The van der Waals surface area contributed by atoms with Crippen molar-refractivity contribution in [2.45, 2.75) is 32.4 Å². The summed E-state index contributed by atoms with van der Waals surface area (Å²) in [6.45, 7) is 3.37. The molecule has 6 nitrogen and oxygen atoms in total. The second kappa shape index (κ2) is 8.31. The predicted molar refractivity (Wildman–Crippen MR) is 84.7 cm³/mol. The lowest BCUT2D eigenvalue weighted by Gasteiger charge is -2.38. The van der Waals surface area contributed by atoms with Crippen LogP contribution in [0.5, 0.6) is 0 Å². The van der Waals surface area contributed by atoms with E-state index < -0.39 is 12.1 Å². The Hall–Kier alpha value is -2.37. The largest absolute Gasteiger partial charge is 0.445 e. The normalized spacial score (nSPS) is 18.0. The molecule has 1 fully saturated rings. The van der Waals surface area contributed by atoms with Gasteiger partial charge in [-0.2, -0.15) is 0 Å². The number of benzene rings is 1. The molecule has 124 valence electrons. The Labute approximate surface area is 136 Å². The number of hydrogen-bond acceptors (Lipinski definition) is 4. The van der Waals surface area contributed by atoms with Gasteiger partial charge in [0.2, 0.25) is 5.91 Å². The van der Waals surface area contributed by atoms with Crippen molar-refractivity contribution in [3.63, 3.8) is 0 Å². The summed E-state index contributed by atoms with van der Waals surface area (Å²) < 4.78 is 5.29. The van der Waals surface area contributed by atoms with Gasteiger partial charge in [-0.1, -0.05) is 30.3 Å². The van der Waals surface area contributed by atoms with Crippen LogP contribution >= 0.6 is 0 Å². The van der Waals surface area contributed by atoms with E-state index in [0.29, 0.717) is 32.5 Å². The quantitative estimate of drug-likeness (QED) is 0.593. The van der Waals surface area contributed by atoms with E-state index in [1.54, 1.807) is 11.8 Å². The number of rotatable bonds is 6. The van der Waals surface area contributed by atoms with Gasteiger partial charge in [-0.25, -0.2) is 4.79 Å². The van der Waals surface area contributed by atoms with Gasteiger partial charge in [-0.3, -0.25) is 9.69 Å². The standard InChI is InChI=1S/C17H22N2O4/c1-14-16(21)18(9-5-6-12-20)10-11-19(14)17(22)23-13-15-7-3-2-4-8-15/h2-4,7-8,12,14H,5-6,9-11,13H2,1H3/t14-/m0/s1. The highest BCUT2D eigenvalue weighted by Gasteiger charge is 2.34. The summed E-state index contributed by atoms with van der Waals surface area (Å²) >= 11 is 0. The Morgan fingerprint density at radius 2 is 2.04 bits per heavy atom. The average Bonchev–Trinajstić information content (AvgIpc) is 2.58. The van der Waals surface area contributed by atoms with Crippen LogP contribution in [0.2, 0.25) is 0 Å². The van der Waals surface area contributed by atoms with Crippen LogP contribution in [-0.4, -0.2) is 53.8 Å². The van der Waals surface area contributed by atoms with Gasteiger partial charge in [0.25, 0.3) is 0 Å². The molecule has 1 aromatic carbocycles. The number of amides is 2. The molecule has 2 amide bonds. The first-order chi connectivity index (χ1) is 11.1. The second-order valence-corrected chi connectivity index (χ2v) is 5.54. The molecule has 1 aromatic rings. The molecule has 1 aliphatic heterocycles. The van der Waals surface area contributed by atoms with E-state index >= 15 is 0 Å². The number of hydrogen-bond donors (Lipinski definition) is 0. The fourth-order valence-corrected chi connectivity index (χ4v) is 2.57. The number of aldehydes is 1. The van der Waals surface area contributed by atoms with E-state index in [9.17, 15) is 14.4 Å². The molecule has 0 aliphatic carbocycles. The Balaban J connectivity index is 1.85. The zero-order chi connectivity index (χ0) is 16.7. The van der Waals surface area contributed by atoms with Gasteiger partial charge >= 0.3 is 6.09 Å². The molecule has 1 atom stereocenters. The SMILES string of the molecule is C[C@H]1C(=O)N(CCCC=O)CCN1C(=O)OCc1ccccc1. The lowest BCUT2D eigenvalue weighted by atomic mass is 10.1. The monoisotopic (exact) mass is 318 g/mol. The highest BCUT2D eigenvalue weighted by molar-refractivity contribution is 5.86. The maximum absolute atomic E-state index is 12.3. The summed E-state index contributed by atoms with van der Waals surface area (Å²) in [4.78, 5) is 38.0. The molecular formula is C17H22N2O4. The molecular weight excluding hydrogens is 296 g/mol. The fourth-order valence-electron chi connectivity index (χ4n) is 2.57. The van der Waals surface area contributed by atoms with Crippen molar-refractivity contribution >= 4 is 18.3 Å². The van der Waals surface area contributed by atoms with Crippen LogP contribution in [0, 0.1) is 0 Å². The number of piperazine rings is 1. The molecule has 0 unspecified atom stereocenters. The van der Waals surface area contributed by atoms with E-state index in [2.05, 4.69) is 0 Å². The predicted octanol–water partition coefficient (Wildman–Crippen LogP) is 1.83. The summed E-state index contributed by atoms with van der Waals surface area (Å²) in [7, 11) is 0. The Morgan fingerprint density at radius 1 is 1.30 bits per heavy atom. The van der Waals surface area contributed by atoms with Crippen LogP contribution in [0.4, 0.5) is 4.79 Å². The second-order valence-electron chi connectivity index (χ2n) is 5.54. The number of ether oxygens (including phenoxy) is 1. The molecule has 1 saturated heterocycles. The summed E-state index contributed by atoms with van der Waals surface area (Å²) in [6.07, 6.45) is 1.48. The molecule has 2 rings (SSSR count). The lowest BCUT2D eigenvalue weighted by Crippen LogP contribution is -2.57. The van der Waals surface area contributed by atoms with Gasteiger partial charge in [0, 0.05) is 26.1 Å². The highest BCUT2D eigenvalue weighted by Crippen LogP contribution is 2.14. The first-order valence-corrected chi connectivity index (χ1v) is 7.83. The Bertz CT molecular complexity index is 547. The van der Waals surface area contributed by atoms with Crippen LogP contribution in [0.15, 0.2) is 30.3 Å². The summed E-state index contributed by atoms with van der Waals surface area (Å²) in [5.41, 5.74) is 0.910. The van der Waals surface area contributed by atoms with E-state index in [-0.39, 0.29) is 12.5 Å². The smallest absolute Gasteiger partial charge is 0.410 e. The van der Waals surface area contributed by atoms with Crippen molar-refractivity contribution in [3.8, 4) is 0 Å². The maximum Gasteiger partial charge on any atom is 0.410 e. The molecule has 0 spiro atoms. The number of nitrogens with zero attached hydrogens (tertiary/aromatic N) is 2. The topological polar surface area (TPSA) is 66.9 Å². The Morgan fingerprint density at radius 3 is 2.74 bits per heavy atom. The molecule has 0 radical (unpaired) electrons. The van der Waals surface area contributed by atoms with Crippen LogP contribution < -0.4 is 0 Å². The Kier molecular flexibility index (Phi) is 6.14. The molecule has 23 heavy (non-hydrogen) atoms. The lowest BCUT2D eigenvalue weighted by molar-refractivity contribution is -0.140. The first kappa shape index (κ1) is 17.0. The molecule has 0 saturated carbocycles. The van der Waals surface area contributed by atoms with Gasteiger partial charge in [0.05, 0.1) is 0 Å². The number of carbonyl (C=O) groups excluding carboxylic acids is 3. The van der Waals surface area contributed by atoms with Crippen molar-refractivity contribution in [1.29, 1.82) is 0 Å². The van der Waals surface area contributed by atoms with E-state index in [4.69, 9.17) is 4.74 Å². The molecule has 1 aliphatic rings. The highest BCUT2D eigenvalue weighted by atomic mass is 16.6. The van der Waals surface area contributed by atoms with Crippen molar-refractivity contribution in [2.75, 3.05) is 19.6 Å². The first-order valence-electron chi connectivity index (χ1n) is 7.83. The van der Waals surface area contributed by atoms with Crippen LogP contribution in [0.1, 0.15) is 25.3 Å². The van der Waals surface area contributed by atoms with Crippen molar-refractivity contribution < 1.29 is 19.1 Å². The van der Waals surface area contributed by atoms with Crippen molar-refractivity contribution in [1.82, 2.24) is 9.80 Å². The zero-order valence-electron chi connectivity index (χ0n) is 13.3. The van der Waals surface area contributed by atoms with Gasteiger partial charge in [0.1, 0.15) is 18.9 Å². The average molecular weight is 318 g/mol. The van der Waals surface area contributed by atoms with Crippen LogP contribution in [0.25, 0.3) is 0 Å².